The highest BCUT2D eigenvalue weighted by Gasteiger charge is 2.19. The van der Waals surface area contributed by atoms with Crippen LogP contribution >= 0.6 is 22.6 Å². The van der Waals surface area contributed by atoms with E-state index in [1.165, 1.54) is 6.07 Å². The Bertz CT molecular complexity index is 1020. The summed E-state index contributed by atoms with van der Waals surface area (Å²) in [5.74, 6) is 0. The Kier molecular flexibility index (Phi) is 4.24. The minimum atomic E-state index is -3.79. The number of rotatable bonds is 3. The quantitative estimate of drug-likeness (QED) is 0.631. The molecule has 0 aromatic heterocycles. The number of benzene rings is 3. The summed E-state index contributed by atoms with van der Waals surface area (Å²) in [6, 6.07) is 19.2. The molecule has 0 heterocycles. The van der Waals surface area contributed by atoms with Crippen LogP contribution in [0.25, 0.3) is 10.8 Å². The monoisotopic (exact) mass is 434 g/mol. The smallest absolute Gasteiger partial charge is 0.262 e. The van der Waals surface area contributed by atoms with Crippen molar-refractivity contribution in [2.24, 2.45) is 0 Å². The zero-order valence-electron chi connectivity index (χ0n) is 11.8. The van der Waals surface area contributed by atoms with Crippen molar-refractivity contribution in [3.05, 3.63) is 69.8 Å². The molecule has 0 fully saturated rings. The molecule has 4 nitrogen and oxygen atoms in total. The molecule has 3 rings (SSSR count). The number of halogens is 1. The van der Waals surface area contributed by atoms with E-state index in [0.717, 1.165) is 8.96 Å². The molecular weight excluding hydrogens is 423 g/mol. The summed E-state index contributed by atoms with van der Waals surface area (Å²) in [6.45, 7) is 0. The lowest BCUT2D eigenvalue weighted by Crippen LogP contribution is -2.13. The molecule has 0 saturated carbocycles. The van der Waals surface area contributed by atoms with Gasteiger partial charge in [-0.05, 0) is 64.4 Å². The molecule has 0 amide bonds. The summed E-state index contributed by atoms with van der Waals surface area (Å²) in [7, 11) is -3.79. The van der Waals surface area contributed by atoms with Crippen molar-refractivity contribution in [3.63, 3.8) is 0 Å². The molecule has 114 valence electrons. The van der Waals surface area contributed by atoms with Crippen molar-refractivity contribution in [3.8, 4) is 6.07 Å². The van der Waals surface area contributed by atoms with Gasteiger partial charge < -0.3 is 0 Å². The van der Waals surface area contributed by atoms with Gasteiger partial charge >= 0.3 is 0 Å². The van der Waals surface area contributed by atoms with Gasteiger partial charge in [-0.15, -0.1) is 0 Å². The second kappa shape index (κ2) is 6.18. The predicted molar refractivity (Wildman–Crippen MR) is 98.6 cm³/mol. The van der Waals surface area contributed by atoms with Gasteiger partial charge in [-0.2, -0.15) is 5.26 Å². The number of hydrogen-bond donors (Lipinski definition) is 1. The van der Waals surface area contributed by atoms with E-state index in [1.807, 2.05) is 12.1 Å². The first-order valence-electron chi connectivity index (χ1n) is 6.71. The van der Waals surface area contributed by atoms with Crippen LogP contribution in [0.4, 0.5) is 5.69 Å². The number of sulfonamides is 1. The minimum Gasteiger partial charge on any atom is -0.280 e. The number of anilines is 1. The van der Waals surface area contributed by atoms with Gasteiger partial charge in [0.1, 0.15) is 0 Å². The van der Waals surface area contributed by atoms with E-state index in [2.05, 4.69) is 33.4 Å². The number of fused-ring (bicyclic) bond motifs is 1. The van der Waals surface area contributed by atoms with Crippen molar-refractivity contribution in [2.75, 3.05) is 4.72 Å². The van der Waals surface area contributed by atoms with Gasteiger partial charge in [-0.3, -0.25) is 4.72 Å². The van der Waals surface area contributed by atoms with Gasteiger partial charge in [0.25, 0.3) is 10.0 Å². The molecule has 0 aliphatic rings. The maximum absolute atomic E-state index is 12.7. The number of hydrogen-bond acceptors (Lipinski definition) is 3. The van der Waals surface area contributed by atoms with Gasteiger partial charge in [0, 0.05) is 14.6 Å². The SMILES string of the molecule is N#Cc1cccc2cccc(S(=O)(=O)Nc3ccc(I)cc3)c12. The highest BCUT2D eigenvalue weighted by atomic mass is 127. The van der Waals surface area contributed by atoms with E-state index in [0.29, 0.717) is 16.6 Å². The van der Waals surface area contributed by atoms with Crippen LogP contribution in [0.3, 0.4) is 0 Å². The fourth-order valence-corrected chi connectivity index (χ4v) is 4.02. The van der Waals surface area contributed by atoms with Crippen LogP contribution in [0, 0.1) is 14.9 Å². The first-order valence-corrected chi connectivity index (χ1v) is 9.28. The third kappa shape index (κ3) is 3.16. The number of nitrogens with one attached hydrogen (secondary N) is 1. The summed E-state index contributed by atoms with van der Waals surface area (Å²) >= 11 is 2.15. The lowest BCUT2D eigenvalue weighted by atomic mass is 10.1. The average molecular weight is 434 g/mol. The Hall–Kier alpha value is -2.11. The zero-order chi connectivity index (χ0) is 16.4. The molecule has 0 bridgehead atoms. The Balaban J connectivity index is 2.15. The fraction of sp³-hybridized carbons (Fsp3) is 0. The summed E-state index contributed by atoms with van der Waals surface area (Å²) < 4.78 is 29.1. The lowest BCUT2D eigenvalue weighted by molar-refractivity contribution is 0.602. The number of nitrogens with zero attached hydrogens (tertiary/aromatic N) is 1. The highest BCUT2D eigenvalue weighted by molar-refractivity contribution is 14.1. The second-order valence-corrected chi connectivity index (χ2v) is 7.78. The van der Waals surface area contributed by atoms with Crippen molar-refractivity contribution >= 4 is 49.1 Å². The molecule has 23 heavy (non-hydrogen) atoms. The molecule has 1 N–H and O–H groups in total. The first kappa shape index (κ1) is 15.8. The van der Waals surface area contributed by atoms with Crippen LogP contribution in [-0.4, -0.2) is 8.42 Å². The second-order valence-electron chi connectivity index (χ2n) is 4.88. The summed E-state index contributed by atoms with van der Waals surface area (Å²) in [5, 5.41) is 10.4. The van der Waals surface area contributed by atoms with E-state index < -0.39 is 10.0 Å². The largest absolute Gasteiger partial charge is 0.280 e. The summed E-state index contributed by atoms with van der Waals surface area (Å²) in [5.41, 5.74) is 0.822. The van der Waals surface area contributed by atoms with E-state index in [-0.39, 0.29) is 4.90 Å². The minimum absolute atomic E-state index is 0.103. The number of nitriles is 1. The molecule has 3 aromatic carbocycles. The topological polar surface area (TPSA) is 70.0 Å². The molecule has 0 atom stereocenters. The van der Waals surface area contributed by atoms with Crippen molar-refractivity contribution in [1.82, 2.24) is 0 Å². The normalized spacial score (nSPS) is 11.1. The Labute approximate surface area is 148 Å². The van der Waals surface area contributed by atoms with Crippen LogP contribution in [0.5, 0.6) is 0 Å². The van der Waals surface area contributed by atoms with Crippen molar-refractivity contribution in [2.45, 2.75) is 4.90 Å². The average Bonchev–Trinajstić information content (AvgIpc) is 2.55. The van der Waals surface area contributed by atoms with E-state index in [9.17, 15) is 13.7 Å². The summed E-state index contributed by atoms with van der Waals surface area (Å²) in [6.07, 6.45) is 0. The Morgan fingerprint density at radius 2 is 1.61 bits per heavy atom. The molecule has 0 aliphatic carbocycles. The van der Waals surface area contributed by atoms with Gasteiger partial charge in [0.05, 0.1) is 16.5 Å². The highest BCUT2D eigenvalue weighted by Crippen LogP contribution is 2.28. The molecule has 0 saturated heterocycles. The molecule has 0 radical (unpaired) electrons. The maximum Gasteiger partial charge on any atom is 0.262 e. The fourth-order valence-electron chi connectivity index (χ4n) is 2.35. The Morgan fingerprint density at radius 3 is 2.26 bits per heavy atom. The molecule has 0 aliphatic heterocycles. The summed E-state index contributed by atoms with van der Waals surface area (Å²) in [4.78, 5) is 0.103. The van der Waals surface area contributed by atoms with Crippen LogP contribution in [0.1, 0.15) is 5.56 Å². The predicted octanol–water partition coefficient (Wildman–Crippen LogP) is 4.12. The molecule has 3 aromatic rings. The van der Waals surface area contributed by atoms with Crippen LogP contribution in [0.15, 0.2) is 65.6 Å². The van der Waals surface area contributed by atoms with Crippen LogP contribution in [-0.2, 0) is 10.0 Å². The standard InChI is InChI=1S/C17H11IN2O2S/c18-14-7-9-15(10-8-14)20-23(21,22)16-6-2-4-12-3-1-5-13(11-19)17(12)16/h1-10,20H. The van der Waals surface area contributed by atoms with Crippen LogP contribution < -0.4 is 4.72 Å². The van der Waals surface area contributed by atoms with Crippen LogP contribution in [0.2, 0.25) is 0 Å². The van der Waals surface area contributed by atoms with Gasteiger partial charge in [0.15, 0.2) is 0 Å². The van der Waals surface area contributed by atoms with E-state index in [1.54, 1.807) is 42.5 Å². The van der Waals surface area contributed by atoms with Gasteiger partial charge in [0.2, 0.25) is 0 Å². The van der Waals surface area contributed by atoms with E-state index >= 15 is 0 Å². The molecule has 0 unspecified atom stereocenters. The third-order valence-electron chi connectivity index (χ3n) is 3.37. The third-order valence-corrected chi connectivity index (χ3v) is 5.52. The Morgan fingerprint density at radius 1 is 0.957 bits per heavy atom. The maximum atomic E-state index is 12.7. The van der Waals surface area contributed by atoms with E-state index in [4.69, 9.17) is 0 Å². The first-order chi connectivity index (χ1) is 11.0. The molecular formula is C17H11IN2O2S. The van der Waals surface area contributed by atoms with Gasteiger partial charge in [-0.1, -0.05) is 24.3 Å². The zero-order valence-corrected chi connectivity index (χ0v) is 14.8. The lowest BCUT2D eigenvalue weighted by Gasteiger charge is -2.11. The molecule has 0 spiro atoms. The van der Waals surface area contributed by atoms with Gasteiger partial charge in [-0.25, -0.2) is 8.42 Å². The van der Waals surface area contributed by atoms with Crippen molar-refractivity contribution in [1.29, 1.82) is 5.26 Å². The molecule has 6 heteroatoms. The van der Waals surface area contributed by atoms with Crippen molar-refractivity contribution < 1.29 is 8.42 Å².